The molecular formula is C18H21N3O3. The molecule has 1 aliphatic rings. The minimum Gasteiger partial charge on any atom is -0.481 e. The molecule has 1 aromatic heterocycles. The van der Waals surface area contributed by atoms with Gasteiger partial charge in [-0.05, 0) is 18.4 Å². The Hall–Kier alpha value is -2.63. The van der Waals surface area contributed by atoms with Crippen molar-refractivity contribution in [3.8, 4) is 5.75 Å². The number of hydrogen-bond acceptors (Lipinski definition) is 4. The molecule has 126 valence electrons. The zero-order valence-corrected chi connectivity index (χ0v) is 13.9. The van der Waals surface area contributed by atoms with Crippen LogP contribution in [0.4, 0.5) is 0 Å². The van der Waals surface area contributed by atoms with Gasteiger partial charge in [0, 0.05) is 12.0 Å². The molecule has 1 aliphatic heterocycles. The molecule has 0 saturated heterocycles. The highest BCUT2D eigenvalue weighted by molar-refractivity contribution is 5.93. The Morgan fingerprint density at radius 1 is 1.33 bits per heavy atom. The largest absolute Gasteiger partial charge is 0.481 e. The Morgan fingerprint density at radius 3 is 2.71 bits per heavy atom. The predicted molar refractivity (Wildman–Crippen MR) is 90.0 cm³/mol. The molecule has 2 aromatic rings. The Balaban J connectivity index is 2.05. The zero-order valence-electron chi connectivity index (χ0n) is 13.9. The molecule has 3 rings (SSSR count). The molecule has 1 amide bonds. The molecule has 6 nitrogen and oxygen atoms in total. The van der Waals surface area contributed by atoms with E-state index in [0.29, 0.717) is 12.4 Å². The molecule has 0 bridgehead atoms. The van der Waals surface area contributed by atoms with Crippen molar-refractivity contribution >= 4 is 5.91 Å². The number of carbonyl (C=O) groups is 1. The Labute approximate surface area is 140 Å². The molecule has 1 aromatic carbocycles. The van der Waals surface area contributed by atoms with Crippen molar-refractivity contribution in [2.45, 2.75) is 45.3 Å². The summed E-state index contributed by atoms with van der Waals surface area (Å²) >= 11 is 0. The van der Waals surface area contributed by atoms with Gasteiger partial charge in [-0.1, -0.05) is 44.2 Å². The minimum atomic E-state index is -0.750. The first kappa shape index (κ1) is 16.2. The molecule has 6 heteroatoms. The second kappa shape index (κ2) is 6.11. The fraction of sp³-hybridized carbons (Fsp3) is 0.389. The van der Waals surface area contributed by atoms with Crippen LogP contribution in [0.3, 0.4) is 0 Å². The van der Waals surface area contributed by atoms with Gasteiger partial charge in [0.15, 0.2) is 5.69 Å². The molecule has 0 spiro atoms. The lowest BCUT2D eigenvalue weighted by Gasteiger charge is -2.32. The Morgan fingerprint density at radius 2 is 2.04 bits per heavy atom. The number of benzene rings is 1. The summed E-state index contributed by atoms with van der Waals surface area (Å²) in [6.07, 6.45) is 1.79. The number of ether oxygens (including phenoxy) is 1. The Kier molecular flexibility index (Phi) is 4.13. The predicted octanol–water partition coefficient (Wildman–Crippen LogP) is 1.99. The second-order valence-electron chi connectivity index (χ2n) is 6.70. The summed E-state index contributed by atoms with van der Waals surface area (Å²) in [4.78, 5) is 29.1. The summed E-state index contributed by atoms with van der Waals surface area (Å²) in [5, 5.41) is 0. The van der Waals surface area contributed by atoms with E-state index in [1.807, 2.05) is 44.2 Å². The summed E-state index contributed by atoms with van der Waals surface area (Å²) < 4.78 is 7.26. The van der Waals surface area contributed by atoms with Crippen LogP contribution in [0.1, 0.15) is 48.6 Å². The number of fused-ring (bicyclic) bond motifs is 1. The molecule has 0 saturated carbocycles. The lowest BCUT2D eigenvalue weighted by molar-refractivity contribution is 0.0988. The molecule has 0 unspecified atom stereocenters. The average molecular weight is 327 g/mol. The number of nitrogens with two attached hydrogens (primary N) is 1. The number of hydrogen-bond donors (Lipinski definition) is 1. The summed E-state index contributed by atoms with van der Waals surface area (Å²) in [6, 6.07) is 9.44. The van der Waals surface area contributed by atoms with Gasteiger partial charge in [-0.15, -0.1) is 0 Å². The summed E-state index contributed by atoms with van der Waals surface area (Å²) in [6.45, 7) is 4.78. The van der Waals surface area contributed by atoms with Gasteiger partial charge in [-0.3, -0.25) is 14.2 Å². The van der Waals surface area contributed by atoms with E-state index in [1.165, 1.54) is 0 Å². The van der Waals surface area contributed by atoms with Crippen LogP contribution in [-0.2, 0) is 18.6 Å². The lowest BCUT2D eigenvalue weighted by atomic mass is 9.84. The van der Waals surface area contributed by atoms with Crippen LogP contribution in [0.15, 0.2) is 35.1 Å². The molecule has 0 radical (unpaired) electrons. The molecule has 2 heterocycles. The van der Waals surface area contributed by atoms with E-state index in [1.54, 1.807) is 4.57 Å². The normalized spacial score (nSPS) is 15.6. The molecule has 0 atom stereocenters. The van der Waals surface area contributed by atoms with Crippen LogP contribution in [0, 0.1) is 0 Å². The lowest BCUT2D eigenvalue weighted by Crippen LogP contribution is -2.39. The van der Waals surface area contributed by atoms with E-state index in [2.05, 4.69) is 4.98 Å². The van der Waals surface area contributed by atoms with Crippen LogP contribution < -0.4 is 16.0 Å². The van der Waals surface area contributed by atoms with E-state index in [0.717, 1.165) is 18.4 Å². The highest BCUT2D eigenvalue weighted by Gasteiger charge is 2.33. The Bertz CT molecular complexity index is 825. The number of rotatable bonds is 4. The van der Waals surface area contributed by atoms with E-state index in [9.17, 15) is 9.59 Å². The molecule has 24 heavy (non-hydrogen) atoms. The topological polar surface area (TPSA) is 87.2 Å². The average Bonchev–Trinajstić information content (AvgIpc) is 2.55. The van der Waals surface area contributed by atoms with Crippen LogP contribution in [0.5, 0.6) is 5.75 Å². The SMILES string of the molecule is CC1(C)CCCn2c1nc(C(N)=O)c(OCc1ccccc1)c2=O. The highest BCUT2D eigenvalue weighted by atomic mass is 16.5. The van der Waals surface area contributed by atoms with E-state index < -0.39 is 5.91 Å². The van der Waals surface area contributed by atoms with E-state index in [4.69, 9.17) is 10.5 Å². The first-order chi connectivity index (χ1) is 11.4. The summed E-state index contributed by atoms with van der Waals surface area (Å²) in [7, 11) is 0. The third kappa shape index (κ3) is 2.91. The number of aromatic nitrogens is 2. The van der Waals surface area contributed by atoms with Gasteiger partial charge in [0.05, 0.1) is 0 Å². The van der Waals surface area contributed by atoms with Gasteiger partial charge in [-0.2, -0.15) is 0 Å². The smallest absolute Gasteiger partial charge is 0.296 e. The molecule has 2 N–H and O–H groups in total. The zero-order chi connectivity index (χ0) is 17.3. The van der Waals surface area contributed by atoms with Crippen molar-refractivity contribution in [2.75, 3.05) is 0 Å². The monoisotopic (exact) mass is 327 g/mol. The second-order valence-corrected chi connectivity index (χ2v) is 6.70. The van der Waals surface area contributed by atoms with Crippen LogP contribution in [0.25, 0.3) is 0 Å². The quantitative estimate of drug-likeness (QED) is 0.930. The maximum Gasteiger partial charge on any atom is 0.296 e. The van der Waals surface area contributed by atoms with Gasteiger partial charge in [0.25, 0.3) is 11.5 Å². The van der Waals surface area contributed by atoms with Crippen molar-refractivity contribution in [3.63, 3.8) is 0 Å². The van der Waals surface area contributed by atoms with Crippen LogP contribution in [-0.4, -0.2) is 15.5 Å². The molecule has 0 fully saturated rings. The molecular weight excluding hydrogens is 306 g/mol. The maximum absolute atomic E-state index is 12.8. The fourth-order valence-corrected chi connectivity index (χ4v) is 3.08. The number of carbonyl (C=O) groups excluding carboxylic acids is 1. The highest BCUT2D eigenvalue weighted by Crippen LogP contribution is 2.31. The fourth-order valence-electron chi connectivity index (χ4n) is 3.08. The van der Waals surface area contributed by atoms with Gasteiger partial charge >= 0.3 is 0 Å². The van der Waals surface area contributed by atoms with Gasteiger partial charge in [0.1, 0.15) is 12.4 Å². The summed E-state index contributed by atoms with van der Waals surface area (Å²) in [5.74, 6) is -0.215. The van der Waals surface area contributed by atoms with Crippen LogP contribution in [0.2, 0.25) is 0 Å². The number of amides is 1. The van der Waals surface area contributed by atoms with Crippen molar-refractivity contribution < 1.29 is 9.53 Å². The van der Waals surface area contributed by atoms with Crippen molar-refractivity contribution in [1.29, 1.82) is 0 Å². The minimum absolute atomic E-state index is 0.0622. The van der Waals surface area contributed by atoms with Crippen molar-refractivity contribution in [2.24, 2.45) is 5.73 Å². The van der Waals surface area contributed by atoms with Crippen LogP contribution >= 0.6 is 0 Å². The summed E-state index contributed by atoms with van der Waals surface area (Å²) in [5.41, 5.74) is 5.64. The first-order valence-electron chi connectivity index (χ1n) is 8.02. The van der Waals surface area contributed by atoms with Gasteiger partial charge in [-0.25, -0.2) is 4.98 Å². The third-order valence-corrected chi connectivity index (χ3v) is 4.38. The van der Waals surface area contributed by atoms with E-state index in [-0.39, 0.29) is 29.0 Å². The van der Waals surface area contributed by atoms with Crippen molar-refractivity contribution in [1.82, 2.24) is 9.55 Å². The van der Waals surface area contributed by atoms with E-state index >= 15 is 0 Å². The van der Waals surface area contributed by atoms with Gasteiger partial charge < -0.3 is 10.5 Å². The molecule has 0 aliphatic carbocycles. The van der Waals surface area contributed by atoms with Crippen molar-refractivity contribution in [3.05, 3.63) is 57.8 Å². The number of nitrogens with zero attached hydrogens (tertiary/aromatic N) is 2. The third-order valence-electron chi connectivity index (χ3n) is 4.38. The first-order valence-corrected chi connectivity index (χ1v) is 8.02. The number of primary amides is 1. The standard InChI is InChI=1S/C18H21N3O3/c1-18(2)9-6-10-21-16(23)14(13(15(19)22)20-17(18)21)24-11-12-7-4-3-5-8-12/h3-5,7-8H,6,9-11H2,1-2H3,(H2,19,22). The maximum atomic E-state index is 12.8. The van der Waals surface area contributed by atoms with Gasteiger partial charge in [0.2, 0.25) is 5.75 Å².